The fraction of sp³-hybridized carbons (Fsp3) is 0.615. The standard InChI is InChI=1S/C13H23N5O2/c1-2-10(5-6-14)3-4-13(20)17-11-7-16-18(8-11)9-12(15)19/h7-8,10H,2-6,9,14H2,1H3,(H2,15,19)(H,17,20). The molecule has 2 amide bonds. The molecule has 1 unspecified atom stereocenters. The van der Waals surface area contributed by atoms with E-state index in [1.165, 1.54) is 10.9 Å². The summed E-state index contributed by atoms with van der Waals surface area (Å²) in [7, 11) is 0. The van der Waals surface area contributed by atoms with Gasteiger partial charge in [0.15, 0.2) is 0 Å². The number of carbonyl (C=O) groups excluding carboxylic acids is 2. The molecule has 1 rings (SSSR count). The maximum Gasteiger partial charge on any atom is 0.239 e. The second kappa shape index (κ2) is 8.31. The Morgan fingerprint density at radius 1 is 1.45 bits per heavy atom. The molecule has 0 aliphatic carbocycles. The minimum absolute atomic E-state index is 0.00425. The van der Waals surface area contributed by atoms with Gasteiger partial charge in [0, 0.05) is 12.6 Å². The van der Waals surface area contributed by atoms with Crippen LogP contribution in [0.3, 0.4) is 0 Å². The molecule has 0 saturated heterocycles. The third-order valence-electron chi connectivity index (χ3n) is 3.17. The molecule has 5 N–H and O–H groups in total. The Hall–Kier alpha value is -1.89. The van der Waals surface area contributed by atoms with Crippen molar-refractivity contribution in [1.29, 1.82) is 0 Å². The topological polar surface area (TPSA) is 116 Å². The quantitative estimate of drug-likeness (QED) is 0.609. The van der Waals surface area contributed by atoms with Crippen molar-refractivity contribution in [1.82, 2.24) is 9.78 Å². The smallest absolute Gasteiger partial charge is 0.239 e. The van der Waals surface area contributed by atoms with Crippen LogP contribution in [0.25, 0.3) is 0 Å². The number of aromatic nitrogens is 2. The first-order valence-electron chi connectivity index (χ1n) is 6.85. The van der Waals surface area contributed by atoms with Gasteiger partial charge in [0.05, 0.1) is 11.9 Å². The number of nitrogens with zero attached hydrogens (tertiary/aromatic N) is 2. The first-order chi connectivity index (χ1) is 9.55. The molecule has 0 saturated carbocycles. The average molecular weight is 281 g/mol. The second-order valence-corrected chi connectivity index (χ2v) is 4.83. The molecule has 7 nitrogen and oxygen atoms in total. The van der Waals surface area contributed by atoms with Gasteiger partial charge in [0.25, 0.3) is 0 Å². The predicted octanol–water partition coefficient (Wildman–Crippen LogP) is 0.462. The lowest BCUT2D eigenvalue weighted by molar-refractivity contribution is -0.119. The first kappa shape index (κ1) is 16.2. The Kier molecular flexibility index (Phi) is 6.72. The molecule has 0 spiro atoms. The molecule has 0 radical (unpaired) electrons. The van der Waals surface area contributed by atoms with Crippen molar-refractivity contribution in [3.63, 3.8) is 0 Å². The fourth-order valence-electron chi connectivity index (χ4n) is 2.02. The lowest BCUT2D eigenvalue weighted by atomic mass is 9.96. The molecule has 0 fully saturated rings. The Balaban J connectivity index is 2.38. The van der Waals surface area contributed by atoms with Crippen LogP contribution in [0, 0.1) is 5.92 Å². The fourth-order valence-corrected chi connectivity index (χ4v) is 2.02. The molecule has 0 aliphatic rings. The van der Waals surface area contributed by atoms with Crippen LogP contribution in [-0.4, -0.2) is 28.1 Å². The van der Waals surface area contributed by atoms with E-state index in [4.69, 9.17) is 11.5 Å². The third kappa shape index (κ3) is 5.83. The van der Waals surface area contributed by atoms with Gasteiger partial charge in [-0.25, -0.2) is 0 Å². The summed E-state index contributed by atoms with van der Waals surface area (Å²) in [5, 5.41) is 6.69. The molecule has 1 aromatic rings. The minimum Gasteiger partial charge on any atom is -0.368 e. The zero-order chi connectivity index (χ0) is 15.0. The van der Waals surface area contributed by atoms with Crippen molar-refractivity contribution >= 4 is 17.5 Å². The van der Waals surface area contributed by atoms with Gasteiger partial charge >= 0.3 is 0 Å². The monoisotopic (exact) mass is 281 g/mol. The lowest BCUT2D eigenvalue weighted by Crippen LogP contribution is -2.18. The number of nitrogens with one attached hydrogen (secondary N) is 1. The predicted molar refractivity (Wildman–Crippen MR) is 76.7 cm³/mol. The molecule has 1 heterocycles. The normalized spacial score (nSPS) is 12.1. The largest absolute Gasteiger partial charge is 0.368 e. The van der Waals surface area contributed by atoms with Crippen molar-refractivity contribution in [3.05, 3.63) is 12.4 Å². The van der Waals surface area contributed by atoms with Crippen LogP contribution in [0.1, 0.15) is 32.6 Å². The van der Waals surface area contributed by atoms with E-state index in [0.717, 1.165) is 19.3 Å². The Morgan fingerprint density at radius 2 is 2.20 bits per heavy atom. The molecule has 1 atom stereocenters. The van der Waals surface area contributed by atoms with Gasteiger partial charge in [0.2, 0.25) is 11.8 Å². The summed E-state index contributed by atoms with van der Waals surface area (Å²) in [6.07, 6.45) is 6.34. The highest BCUT2D eigenvalue weighted by atomic mass is 16.2. The zero-order valence-electron chi connectivity index (χ0n) is 11.8. The lowest BCUT2D eigenvalue weighted by Gasteiger charge is -2.12. The van der Waals surface area contributed by atoms with Gasteiger partial charge in [-0.15, -0.1) is 0 Å². The number of rotatable bonds is 9. The minimum atomic E-state index is -0.474. The summed E-state index contributed by atoms with van der Waals surface area (Å²) in [5.74, 6) is -0.0408. The number of primary amides is 1. The van der Waals surface area contributed by atoms with E-state index in [0.29, 0.717) is 24.6 Å². The molecule has 0 aliphatic heterocycles. The van der Waals surface area contributed by atoms with Crippen LogP contribution in [0.5, 0.6) is 0 Å². The number of anilines is 1. The van der Waals surface area contributed by atoms with E-state index >= 15 is 0 Å². The Bertz CT molecular complexity index is 444. The highest BCUT2D eigenvalue weighted by Crippen LogP contribution is 2.15. The van der Waals surface area contributed by atoms with Crippen molar-refractivity contribution < 1.29 is 9.59 Å². The molecule has 1 aromatic heterocycles. The van der Waals surface area contributed by atoms with Crippen molar-refractivity contribution in [2.45, 2.75) is 39.2 Å². The number of hydrogen-bond donors (Lipinski definition) is 3. The maximum absolute atomic E-state index is 11.8. The molecular weight excluding hydrogens is 258 g/mol. The zero-order valence-corrected chi connectivity index (χ0v) is 11.8. The van der Waals surface area contributed by atoms with Gasteiger partial charge in [0.1, 0.15) is 6.54 Å². The molecular formula is C13H23N5O2. The maximum atomic E-state index is 11.8. The summed E-state index contributed by atoms with van der Waals surface area (Å²) in [4.78, 5) is 22.5. The highest BCUT2D eigenvalue weighted by Gasteiger charge is 2.10. The van der Waals surface area contributed by atoms with E-state index in [2.05, 4.69) is 17.3 Å². The number of amides is 2. The van der Waals surface area contributed by atoms with E-state index < -0.39 is 5.91 Å². The van der Waals surface area contributed by atoms with Crippen LogP contribution < -0.4 is 16.8 Å². The number of carbonyl (C=O) groups is 2. The van der Waals surface area contributed by atoms with Crippen molar-refractivity contribution in [2.24, 2.45) is 17.4 Å². The SMILES string of the molecule is CCC(CCN)CCC(=O)Nc1cnn(CC(N)=O)c1. The van der Waals surface area contributed by atoms with Crippen molar-refractivity contribution in [3.8, 4) is 0 Å². The summed E-state index contributed by atoms with van der Waals surface area (Å²) in [6, 6.07) is 0. The van der Waals surface area contributed by atoms with E-state index in [-0.39, 0.29) is 12.5 Å². The van der Waals surface area contributed by atoms with Gasteiger partial charge in [-0.3, -0.25) is 14.3 Å². The van der Waals surface area contributed by atoms with Gasteiger partial charge in [-0.1, -0.05) is 13.3 Å². The Labute approximate surface area is 118 Å². The van der Waals surface area contributed by atoms with E-state index in [1.54, 1.807) is 6.20 Å². The van der Waals surface area contributed by atoms with E-state index in [1.807, 2.05) is 0 Å². The second-order valence-electron chi connectivity index (χ2n) is 4.83. The van der Waals surface area contributed by atoms with Crippen molar-refractivity contribution in [2.75, 3.05) is 11.9 Å². The number of hydrogen-bond acceptors (Lipinski definition) is 4. The van der Waals surface area contributed by atoms with Crippen LogP contribution in [0.2, 0.25) is 0 Å². The van der Waals surface area contributed by atoms with Crippen LogP contribution in [0.15, 0.2) is 12.4 Å². The third-order valence-corrected chi connectivity index (χ3v) is 3.17. The summed E-state index contributed by atoms with van der Waals surface area (Å²) in [6.45, 7) is 2.76. The Morgan fingerprint density at radius 3 is 2.80 bits per heavy atom. The first-order valence-corrected chi connectivity index (χ1v) is 6.85. The molecule has 0 bridgehead atoms. The number of nitrogens with two attached hydrogens (primary N) is 2. The summed E-state index contributed by atoms with van der Waals surface area (Å²) < 4.78 is 1.39. The molecule has 0 aromatic carbocycles. The van der Waals surface area contributed by atoms with Crippen LogP contribution in [-0.2, 0) is 16.1 Å². The highest BCUT2D eigenvalue weighted by molar-refractivity contribution is 5.90. The van der Waals surface area contributed by atoms with Crippen LogP contribution >= 0.6 is 0 Å². The molecule has 7 heteroatoms. The van der Waals surface area contributed by atoms with Gasteiger partial charge in [-0.05, 0) is 25.3 Å². The van der Waals surface area contributed by atoms with E-state index in [9.17, 15) is 9.59 Å². The molecule has 20 heavy (non-hydrogen) atoms. The van der Waals surface area contributed by atoms with Gasteiger partial charge < -0.3 is 16.8 Å². The molecule has 112 valence electrons. The average Bonchev–Trinajstić information content (AvgIpc) is 2.80. The van der Waals surface area contributed by atoms with Gasteiger partial charge in [-0.2, -0.15) is 5.10 Å². The van der Waals surface area contributed by atoms with Crippen LogP contribution in [0.4, 0.5) is 5.69 Å². The summed E-state index contributed by atoms with van der Waals surface area (Å²) >= 11 is 0. The summed E-state index contributed by atoms with van der Waals surface area (Å²) in [5.41, 5.74) is 11.2.